The highest BCUT2D eigenvalue weighted by Gasteiger charge is 2.46. The monoisotopic (exact) mass is 349 g/mol. The Kier molecular flexibility index (Phi) is 5.13. The third-order valence-corrected chi connectivity index (χ3v) is 6.01. The van der Waals surface area contributed by atoms with Crippen molar-refractivity contribution in [3.8, 4) is 0 Å². The van der Waals surface area contributed by atoms with Gasteiger partial charge in [0.2, 0.25) is 0 Å². The van der Waals surface area contributed by atoms with E-state index >= 15 is 0 Å². The summed E-state index contributed by atoms with van der Waals surface area (Å²) in [5.74, 6) is -1.55. The van der Waals surface area contributed by atoms with Crippen LogP contribution in [-0.2, 0) is 9.59 Å². The maximum atomic E-state index is 11.4. The number of nitrogens with two attached hydrogens (primary N) is 1. The molecule has 0 spiro atoms. The van der Waals surface area contributed by atoms with Crippen LogP contribution in [-0.4, -0.2) is 56.9 Å². The molecular weight excluding hydrogens is 322 g/mol. The second-order valence-electron chi connectivity index (χ2n) is 7.44. The van der Waals surface area contributed by atoms with E-state index in [9.17, 15) is 14.7 Å². The Bertz CT molecular complexity index is 603. The molecule has 0 saturated carbocycles. The van der Waals surface area contributed by atoms with Gasteiger partial charge in [-0.1, -0.05) is 6.08 Å². The molecule has 6 unspecified atom stereocenters. The molecule has 1 fully saturated rings. The van der Waals surface area contributed by atoms with Gasteiger partial charge < -0.3 is 20.8 Å². The molecule has 0 radical (unpaired) electrons. The highest BCUT2D eigenvalue weighted by atomic mass is 16.4. The zero-order chi connectivity index (χ0) is 18.1. The van der Waals surface area contributed by atoms with Crippen LogP contribution < -0.4 is 5.73 Å². The molecule has 138 valence electrons. The number of carbonyl (C=O) groups is 2. The fraction of sp³-hybridized carbons (Fsp3) is 0.722. The molecule has 7 heteroatoms. The second-order valence-corrected chi connectivity index (χ2v) is 7.44. The van der Waals surface area contributed by atoms with Gasteiger partial charge in [-0.15, -0.1) is 0 Å². The topological polar surface area (TPSA) is 116 Å². The SMILES string of the molecule is CC1C(CCC(N)C(=O)O)C2=NC(C(=O)O)CCC2C2CCC=CN12. The van der Waals surface area contributed by atoms with E-state index in [0.717, 1.165) is 25.0 Å². The average molecular weight is 349 g/mol. The summed E-state index contributed by atoms with van der Waals surface area (Å²) in [6.45, 7) is 2.13. The Morgan fingerprint density at radius 2 is 2.12 bits per heavy atom. The van der Waals surface area contributed by atoms with Crippen molar-refractivity contribution in [2.75, 3.05) is 0 Å². The first kappa shape index (κ1) is 17.9. The van der Waals surface area contributed by atoms with E-state index in [-0.39, 0.29) is 17.9 Å². The van der Waals surface area contributed by atoms with Crippen molar-refractivity contribution < 1.29 is 19.8 Å². The predicted octanol–water partition coefficient (Wildman–Crippen LogP) is 1.48. The van der Waals surface area contributed by atoms with Crippen molar-refractivity contribution >= 4 is 17.7 Å². The number of rotatable bonds is 5. The maximum Gasteiger partial charge on any atom is 0.328 e. The maximum absolute atomic E-state index is 11.4. The minimum atomic E-state index is -0.996. The van der Waals surface area contributed by atoms with Crippen molar-refractivity contribution in [2.24, 2.45) is 22.6 Å². The first-order valence-electron chi connectivity index (χ1n) is 9.13. The van der Waals surface area contributed by atoms with Gasteiger partial charge >= 0.3 is 11.9 Å². The highest BCUT2D eigenvalue weighted by Crippen LogP contribution is 2.41. The van der Waals surface area contributed by atoms with Gasteiger partial charge in [0.15, 0.2) is 0 Å². The molecular formula is C18H27N3O4. The van der Waals surface area contributed by atoms with Crippen LogP contribution in [0, 0.1) is 11.8 Å². The van der Waals surface area contributed by atoms with E-state index in [1.165, 1.54) is 0 Å². The third kappa shape index (κ3) is 3.42. The van der Waals surface area contributed by atoms with Crippen LogP contribution in [0.15, 0.2) is 17.3 Å². The standard InChI is InChI=1S/C18H27N3O4/c1-10-11(5-7-13(19)17(22)23)16-12(6-8-14(20-16)18(24)25)15-4-2-3-9-21(10)15/h3,9-15H,2,4-8,19H2,1H3,(H,22,23)(H,24,25). The van der Waals surface area contributed by atoms with E-state index in [2.05, 4.69) is 29.1 Å². The first-order chi connectivity index (χ1) is 11.9. The minimum Gasteiger partial charge on any atom is -0.480 e. The van der Waals surface area contributed by atoms with Gasteiger partial charge in [0.25, 0.3) is 0 Å². The summed E-state index contributed by atoms with van der Waals surface area (Å²) in [6.07, 6.45) is 8.83. The molecule has 3 rings (SSSR count). The van der Waals surface area contributed by atoms with Gasteiger partial charge in [0, 0.05) is 29.6 Å². The molecule has 1 saturated heterocycles. The minimum absolute atomic E-state index is 0.0524. The van der Waals surface area contributed by atoms with Crippen LogP contribution in [0.4, 0.5) is 0 Å². The van der Waals surface area contributed by atoms with E-state index in [1.54, 1.807) is 0 Å². The lowest BCUT2D eigenvalue weighted by molar-refractivity contribution is -0.139. The van der Waals surface area contributed by atoms with E-state index in [1.807, 2.05) is 0 Å². The fourth-order valence-electron chi connectivity index (χ4n) is 4.66. The lowest BCUT2D eigenvalue weighted by Crippen LogP contribution is -2.58. The molecule has 3 heterocycles. The average Bonchev–Trinajstić information content (AvgIpc) is 2.60. The number of carboxylic acid groups (broad SMARTS) is 2. The Morgan fingerprint density at radius 3 is 2.80 bits per heavy atom. The number of fused-ring (bicyclic) bond motifs is 3. The third-order valence-electron chi connectivity index (χ3n) is 6.01. The number of hydrogen-bond donors (Lipinski definition) is 3. The van der Waals surface area contributed by atoms with Crippen LogP contribution in [0.1, 0.15) is 45.4 Å². The number of allylic oxidation sites excluding steroid dienone is 1. The Hall–Kier alpha value is -1.89. The number of carboxylic acids is 2. The zero-order valence-electron chi connectivity index (χ0n) is 14.5. The summed E-state index contributed by atoms with van der Waals surface area (Å²) >= 11 is 0. The van der Waals surface area contributed by atoms with Crippen molar-refractivity contribution in [2.45, 2.75) is 69.6 Å². The fourth-order valence-corrected chi connectivity index (χ4v) is 4.66. The molecule has 0 amide bonds. The molecule has 3 aliphatic heterocycles. The lowest BCUT2D eigenvalue weighted by atomic mass is 9.69. The molecule has 4 N–H and O–H groups in total. The summed E-state index contributed by atoms with van der Waals surface area (Å²) in [7, 11) is 0. The van der Waals surface area contributed by atoms with Gasteiger partial charge in [0.05, 0.1) is 0 Å². The molecule has 6 atom stereocenters. The van der Waals surface area contributed by atoms with E-state index < -0.39 is 24.0 Å². The molecule has 0 bridgehead atoms. The number of hydrogen-bond acceptors (Lipinski definition) is 5. The van der Waals surface area contributed by atoms with Gasteiger partial charge in [-0.25, -0.2) is 4.79 Å². The number of aliphatic carboxylic acids is 2. The van der Waals surface area contributed by atoms with Gasteiger partial charge in [0.1, 0.15) is 12.1 Å². The van der Waals surface area contributed by atoms with Crippen LogP contribution in [0.3, 0.4) is 0 Å². The van der Waals surface area contributed by atoms with Crippen LogP contribution in [0.2, 0.25) is 0 Å². The summed E-state index contributed by atoms with van der Waals surface area (Å²) in [5, 5.41) is 18.4. The quantitative estimate of drug-likeness (QED) is 0.692. The Morgan fingerprint density at radius 1 is 1.36 bits per heavy atom. The molecule has 7 nitrogen and oxygen atoms in total. The number of piperidine rings is 1. The van der Waals surface area contributed by atoms with Crippen LogP contribution >= 0.6 is 0 Å². The normalized spacial score (nSPS) is 35.4. The van der Waals surface area contributed by atoms with Crippen LogP contribution in [0.5, 0.6) is 0 Å². The van der Waals surface area contributed by atoms with E-state index in [0.29, 0.717) is 25.3 Å². The molecule has 0 aliphatic carbocycles. The van der Waals surface area contributed by atoms with Gasteiger partial charge in [-0.05, 0) is 51.6 Å². The Labute approximate surface area is 147 Å². The van der Waals surface area contributed by atoms with Gasteiger partial charge in [-0.3, -0.25) is 9.79 Å². The molecule has 0 aromatic carbocycles. The Balaban J connectivity index is 1.88. The summed E-state index contributed by atoms with van der Waals surface area (Å²) in [5.41, 5.74) is 6.68. The predicted molar refractivity (Wildman–Crippen MR) is 93.4 cm³/mol. The number of nitrogens with zero attached hydrogens (tertiary/aromatic N) is 2. The largest absolute Gasteiger partial charge is 0.480 e. The first-order valence-corrected chi connectivity index (χ1v) is 9.13. The molecule has 0 aromatic heterocycles. The van der Waals surface area contributed by atoms with Crippen LogP contribution in [0.25, 0.3) is 0 Å². The lowest BCUT2D eigenvalue weighted by Gasteiger charge is -2.52. The summed E-state index contributed by atoms with van der Waals surface area (Å²) in [4.78, 5) is 29.5. The summed E-state index contributed by atoms with van der Waals surface area (Å²) < 4.78 is 0. The second kappa shape index (κ2) is 7.15. The highest BCUT2D eigenvalue weighted by molar-refractivity contribution is 5.94. The van der Waals surface area contributed by atoms with Crippen molar-refractivity contribution in [3.05, 3.63) is 12.3 Å². The van der Waals surface area contributed by atoms with E-state index in [4.69, 9.17) is 10.8 Å². The molecule has 25 heavy (non-hydrogen) atoms. The zero-order valence-corrected chi connectivity index (χ0v) is 14.5. The molecule has 3 aliphatic rings. The summed E-state index contributed by atoms with van der Waals surface area (Å²) in [6, 6.07) is -1.01. The number of aliphatic imine (C=N–C) groups is 1. The molecule has 0 aromatic rings. The smallest absolute Gasteiger partial charge is 0.328 e. The van der Waals surface area contributed by atoms with Crippen molar-refractivity contribution in [1.82, 2.24) is 4.90 Å². The van der Waals surface area contributed by atoms with Crippen molar-refractivity contribution in [3.63, 3.8) is 0 Å². The van der Waals surface area contributed by atoms with Gasteiger partial charge in [-0.2, -0.15) is 0 Å². The van der Waals surface area contributed by atoms with Crippen molar-refractivity contribution in [1.29, 1.82) is 0 Å².